The van der Waals surface area contributed by atoms with Crippen molar-refractivity contribution >= 4 is 0 Å². The SMILES string of the molecule is FC(F)(F)c1ccc(C2[C@H]3CN(CC4CCCCC4)[C@H](c4ccccc4)C34CC2(c2cccnc2)C4)cc1. The Hall–Kier alpha value is -2.66. The van der Waals surface area contributed by atoms with E-state index in [4.69, 9.17) is 0 Å². The number of benzene rings is 2. The maximum atomic E-state index is 13.4. The molecular formula is C33H35F3N2. The van der Waals surface area contributed by atoms with Gasteiger partial charge in [0, 0.05) is 36.9 Å². The zero-order chi connectivity index (χ0) is 26.0. The van der Waals surface area contributed by atoms with Gasteiger partial charge in [-0.25, -0.2) is 0 Å². The molecule has 3 aromatic rings. The highest BCUT2D eigenvalue weighted by Crippen LogP contribution is 2.82. The molecule has 2 nitrogen and oxygen atoms in total. The Kier molecular flexibility index (Phi) is 5.74. The molecule has 0 N–H and O–H groups in total. The van der Waals surface area contributed by atoms with Crippen molar-refractivity contribution in [3.63, 3.8) is 0 Å². The Morgan fingerprint density at radius 2 is 1.58 bits per heavy atom. The number of rotatable bonds is 5. The van der Waals surface area contributed by atoms with E-state index in [1.807, 2.05) is 18.5 Å². The van der Waals surface area contributed by atoms with Crippen LogP contribution in [0.2, 0.25) is 0 Å². The molecule has 4 saturated carbocycles. The first-order valence-electron chi connectivity index (χ1n) is 14.3. The molecule has 38 heavy (non-hydrogen) atoms. The molecule has 1 aliphatic heterocycles. The van der Waals surface area contributed by atoms with E-state index in [1.165, 1.54) is 55.4 Å². The van der Waals surface area contributed by atoms with Gasteiger partial charge < -0.3 is 0 Å². The van der Waals surface area contributed by atoms with Crippen LogP contribution in [0, 0.1) is 17.3 Å². The van der Waals surface area contributed by atoms with E-state index in [-0.39, 0.29) is 16.7 Å². The molecule has 4 aliphatic carbocycles. The number of likely N-dealkylation sites (tertiary alicyclic amines) is 1. The van der Waals surface area contributed by atoms with Gasteiger partial charge in [0.1, 0.15) is 0 Å². The van der Waals surface area contributed by atoms with Crippen molar-refractivity contribution in [3.8, 4) is 0 Å². The summed E-state index contributed by atoms with van der Waals surface area (Å²) in [6, 6.07) is 21.7. The molecule has 2 bridgehead atoms. The Morgan fingerprint density at radius 1 is 0.842 bits per heavy atom. The topological polar surface area (TPSA) is 16.1 Å². The summed E-state index contributed by atoms with van der Waals surface area (Å²) < 4.78 is 40.3. The molecule has 2 heterocycles. The Balaban J connectivity index is 1.31. The summed E-state index contributed by atoms with van der Waals surface area (Å²) in [6.45, 7) is 2.15. The van der Waals surface area contributed by atoms with Gasteiger partial charge in [-0.3, -0.25) is 9.88 Å². The monoisotopic (exact) mass is 516 g/mol. The summed E-state index contributed by atoms with van der Waals surface area (Å²) in [5.41, 5.74) is 3.21. The average molecular weight is 517 g/mol. The minimum absolute atomic E-state index is 0.0668. The smallest absolute Gasteiger partial charge is 0.295 e. The third-order valence-electron chi connectivity index (χ3n) is 10.5. The standard InChI is InChI=1S/C33H35F3N2/c34-33(35,36)26-15-13-24(14-16-26)29-28-20-38(19-23-8-3-1-4-9-23)30(25-10-5-2-6-11-25)32(28)21-31(29,22-32)27-12-7-17-37-18-27/h2,5-7,10-18,23,28-30H,1,3-4,8-9,19-22H2/t28-,29?,30-,31?,32?/m1/s1. The van der Waals surface area contributed by atoms with E-state index in [2.05, 4.69) is 46.3 Å². The molecule has 0 amide bonds. The summed E-state index contributed by atoms with van der Waals surface area (Å²) in [4.78, 5) is 7.25. The van der Waals surface area contributed by atoms with Gasteiger partial charge in [-0.1, -0.05) is 67.8 Å². The molecular weight excluding hydrogens is 481 g/mol. The van der Waals surface area contributed by atoms with E-state index in [9.17, 15) is 13.2 Å². The van der Waals surface area contributed by atoms with Crippen molar-refractivity contribution in [3.05, 3.63) is 101 Å². The van der Waals surface area contributed by atoms with E-state index in [0.29, 0.717) is 12.0 Å². The lowest BCUT2D eigenvalue weighted by atomic mass is 9.53. The number of pyridine rings is 1. The Labute approximate surface area is 223 Å². The maximum Gasteiger partial charge on any atom is 0.416 e. The van der Waals surface area contributed by atoms with E-state index < -0.39 is 11.7 Å². The van der Waals surface area contributed by atoms with Crippen LogP contribution in [0.25, 0.3) is 0 Å². The Bertz CT molecular complexity index is 1260. The fourth-order valence-corrected chi connectivity index (χ4v) is 9.26. The van der Waals surface area contributed by atoms with Crippen LogP contribution >= 0.6 is 0 Å². The molecule has 5 fully saturated rings. The van der Waals surface area contributed by atoms with Crippen LogP contribution in [0.1, 0.15) is 79.2 Å². The van der Waals surface area contributed by atoms with Gasteiger partial charge in [-0.2, -0.15) is 13.2 Å². The molecule has 1 aromatic heterocycles. The first-order valence-corrected chi connectivity index (χ1v) is 14.3. The molecule has 3 atom stereocenters. The average Bonchev–Trinajstić information content (AvgIpc) is 3.48. The van der Waals surface area contributed by atoms with Crippen LogP contribution < -0.4 is 0 Å². The predicted molar refractivity (Wildman–Crippen MR) is 143 cm³/mol. The molecule has 5 aliphatic rings. The third kappa shape index (κ3) is 3.68. The number of hydrogen-bond acceptors (Lipinski definition) is 2. The van der Waals surface area contributed by atoms with Crippen molar-refractivity contribution < 1.29 is 13.2 Å². The van der Waals surface area contributed by atoms with E-state index >= 15 is 0 Å². The lowest BCUT2D eigenvalue weighted by molar-refractivity contribution is -0.137. The molecule has 1 unspecified atom stereocenters. The molecule has 1 spiro atoms. The molecule has 8 rings (SSSR count). The molecule has 1 saturated heterocycles. The normalized spacial score (nSPS) is 33.2. The van der Waals surface area contributed by atoms with Crippen LogP contribution in [0.4, 0.5) is 13.2 Å². The van der Waals surface area contributed by atoms with Gasteiger partial charge in [0.05, 0.1) is 5.56 Å². The second-order valence-electron chi connectivity index (χ2n) is 12.5. The van der Waals surface area contributed by atoms with E-state index in [0.717, 1.165) is 37.4 Å². The highest BCUT2D eigenvalue weighted by Gasteiger charge is 2.77. The number of nitrogens with zero attached hydrogens (tertiary/aromatic N) is 2. The quantitative estimate of drug-likeness (QED) is 0.340. The van der Waals surface area contributed by atoms with E-state index in [1.54, 1.807) is 12.1 Å². The lowest BCUT2D eigenvalue weighted by Crippen LogP contribution is -2.48. The van der Waals surface area contributed by atoms with Gasteiger partial charge in [-0.05, 0) is 83.7 Å². The minimum atomic E-state index is -4.32. The summed E-state index contributed by atoms with van der Waals surface area (Å²) in [6.07, 6.45) is 8.30. The van der Waals surface area contributed by atoms with Crippen molar-refractivity contribution in [1.29, 1.82) is 0 Å². The first kappa shape index (κ1) is 24.4. The molecule has 0 radical (unpaired) electrons. The number of alkyl halides is 3. The molecule has 198 valence electrons. The summed E-state index contributed by atoms with van der Waals surface area (Å²) in [5, 5.41) is 0. The maximum absolute atomic E-state index is 13.4. The highest BCUT2D eigenvalue weighted by molar-refractivity contribution is 5.48. The highest BCUT2D eigenvalue weighted by atomic mass is 19.4. The van der Waals surface area contributed by atoms with Gasteiger partial charge in [-0.15, -0.1) is 0 Å². The minimum Gasteiger partial charge on any atom is -0.295 e. The predicted octanol–water partition coefficient (Wildman–Crippen LogP) is 8.17. The fourth-order valence-electron chi connectivity index (χ4n) is 9.26. The van der Waals surface area contributed by atoms with Crippen LogP contribution in [0.15, 0.2) is 79.1 Å². The molecule has 2 aromatic carbocycles. The fraction of sp³-hybridized carbons (Fsp3) is 0.485. The summed E-state index contributed by atoms with van der Waals surface area (Å²) in [7, 11) is 0. The summed E-state index contributed by atoms with van der Waals surface area (Å²) in [5.74, 6) is 1.35. The third-order valence-corrected chi connectivity index (χ3v) is 10.5. The van der Waals surface area contributed by atoms with Gasteiger partial charge in [0.25, 0.3) is 0 Å². The van der Waals surface area contributed by atoms with Crippen LogP contribution in [0.3, 0.4) is 0 Å². The summed E-state index contributed by atoms with van der Waals surface area (Å²) >= 11 is 0. The first-order chi connectivity index (χ1) is 18.4. The van der Waals surface area contributed by atoms with Crippen molar-refractivity contribution in [2.75, 3.05) is 13.1 Å². The number of hydrogen-bond donors (Lipinski definition) is 0. The largest absolute Gasteiger partial charge is 0.416 e. The van der Waals surface area contributed by atoms with Crippen molar-refractivity contribution in [2.24, 2.45) is 17.3 Å². The lowest BCUT2D eigenvalue weighted by Gasteiger charge is -2.53. The van der Waals surface area contributed by atoms with Gasteiger partial charge >= 0.3 is 6.18 Å². The van der Waals surface area contributed by atoms with Crippen LogP contribution in [0.5, 0.6) is 0 Å². The van der Waals surface area contributed by atoms with Crippen molar-refractivity contribution in [2.45, 2.75) is 68.5 Å². The van der Waals surface area contributed by atoms with Gasteiger partial charge in [0.15, 0.2) is 0 Å². The van der Waals surface area contributed by atoms with Gasteiger partial charge in [0.2, 0.25) is 0 Å². The zero-order valence-corrected chi connectivity index (χ0v) is 21.7. The van der Waals surface area contributed by atoms with Crippen LogP contribution in [-0.4, -0.2) is 23.0 Å². The molecule has 5 heteroatoms. The second-order valence-corrected chi connectivity index (χ2v) is 12.5. The number of halogens is 3. The zero-order valence-electron chi connectivity index (χ0n) is 21.7. The Morgan fingerprint density at radius 3 is 2.24 bits per heavy atom. The number of aromatic nitrogens is 1. The van der Waals surface area contributed by atoms with Crippen LogP contribution in [-0.2, 0) is 11.6 Å². The second kappa shape index (κ2) is 8.94. The van der Waals surface area contributed by atoms with Crippen molar-refractivity contribution in [1.82, 2.24) is 9.88 Å².